The Kier molecular flexibility index (Phi) is 4.54. The summed E-state index contributed by atoms with van der Waals surface area (Å²) in [5.74, 6) is 0.362. The lowest BCUT2D eigenvalue weighted by atomic mass is 9.81. The van der Waals surface area contributed by atoms with E-state index in [-0.39, 0.29) is 23.7 Å². The fraction of sp³-hybridized carbons (Fsp3) is 0.278. The molecule has 4 rings (SSSR count). The highest BCUT2D eigenvalue weighted by atomic mass is 79.9. The molecule has 1 N–H and O–H groups in total. The number of nitrogens with zero attached hydrogens (tertiary/aromatic N) is 1. The number of fused-ring (bicyclic) bond motifs is 1. The standard InChI is InChI=1S/C18H15BrN2O4S/c1-9(22)14-8-26-18(20-14)21-17(23)10-5-11(6-10)25-15-4-2-3-12-13(19)7-24-16(12)15/h2-4,7-8,10-11H,5-6H2,1H3,(H,20,21,23). The monoisotopic (exact) mass is 434 g/mol. The Labute approximate surface area is 161 Å². The minimum atomic E-state index is -0.118. The molecule has 26 heavy (non-hydrogen) atoms. The van der Waals surface area contributed by atoms with Gasteiger partial charge in [-0.1, -0.05) is 6.07 Å². The van der Waals surface area contributed by atoms with E-state index in [1.807, 2.05) is 18.2 Å². The first kappa shape index (κ1) is 17.2. The van der Waals surface area contributed by atoms with Crippen LogP contribution < -0.4 is 10.1 Å². The van der Waals surface area contributed by atoms with Crippen molar-refractivity contribution in [3.8, 4) is 5.75 Å². The Hall–Kier alpha value is -2.19. The second-order valence-corrected chi connectivity index (χ2v) is 7.92. The number of amides is 1. The number of hydrogen-bond acceptors (Lipinski definition) is 6. The zero-order chi connectivity index (χ0) is 18.3. The summed E-state index contributed by atoms with van der Waals surface area (Å²) in [5, 5.41) is 5.83. The van der Waals surface area contributed by atoms with E-state index in [0.29, 0.717) is 35.0 Å². The zero-order valence-electron chi connectivity index (χ0n) is 13.8. The predicted octanol–water partition coefficient (Wildman–Crippen LogP) is 4.65. The summed E-state index contributed by atoms with van der Waals surface area (Å²) in [4.78, 5) is 27.6. The van der Waals surface area contributed by atoms with Gasteiger partial charge in [0.25, 0.3) is 0 Å². The van der Waals surface area contributed by atoms with Crippen molar-refractivity contribution in [2.24, 2.45) is 5.92 Å². The average Bonchev–Trinajstić information content (AvgIpc) is 3.18. The highest BCUT2D eigenvalue weighted by Crippen LogP contribution is 2.37. The molecular weight excluding hydrogens is 420 g/mol. The molecule has 0 spiro atoms. The fourth-order valence-corrected chi connectivity index (χ4v) is 4.01. The number of anilines is 1. The van der Waals surface area contributed by atoms with Crippen LogP contribution in [0.5, 0.6) is 5.75 Å². The van der Waals surface area contributed by atoms with Gasteiger partial charge >= 0.3 is 0 Å². The van der Waals surface area contributed by atoms with Gasteiger partial charge in [0.2, 0.25) is 5.91 Å². The summed E-state index contributed by atoms with van der Waals surface area (Å²) >= 11 is 4.69. The molecule has 2 aromatic heterocycles. The van der Waals surface area contributed by atoms with E-state index in [1.54, 1.807) is 11.6 Å². The second kappa shape index (κ2) is 6.85. The maximum absolute atomic E-state index is 12.3. The van der Waals surface area contributed by atoms with Crippen molar-refractivity contribution < 1.29 is 18.7 Å². The third-order valence-electron chi connectivity index (χ3n) is 4.37. The van der Waals surface area contributed by atoms with Crippen molar-refractivity contribution in [3.63, 3.8) is 0 Å². The molecule has 3 aromatic rings. The quantitative estimate of drug-likeness (QED) is 0.590. The number of nitrogens with one attached hydrogen (secondary N) is 1. The smallest absolute Gasteiger partial charge is 0.229 e. The van der Waals surface area contributed by atoms with Crippen molar-refractivity contribution >= 4 is 55.1 Å². The van der Waals surface area contributed by atoms with Crippen molar-refractivity contribution in [1.29, 1.82) is 0 Å². The van der Waals surface area contributed by atoms with Crippen LogP contribution in [0.15, 0.2) is 38.7 Å². The van der Waals surface area contributed by atoms with Crippen LogP contribution in [0.3, 0.4) is 0 Å². The van der Waals surface area contributed by atoms with Crippen LogP contribution >= 0.6 is 27.3 Å². The summed E-state index contributed by atoms with van der Waals surface area (Å²) in [6, 6.07) is 5.73. The molecule has 1 fully saturated rings. The third-order valence-corrected chi connectivity index (χ3v) is 5.74. The summed E-state index contributed by atoms with van der Waals surface area (Å²) in [6.07, 6.45) is 2.88. The number of para-hydroxylation sites is 1. The molecule has 134 valence electrons. The lowest BCUT2D eigenvalue weighted by molar-refractivity contribution is -0.125. The molecule has 8 heteroatoms. The first-order valence-electron chi connectivity index (χ1n) is 8.11. The summed E-state index contributed by atoms with van der Waals surface area (Å²) < 4.78 is 12.4. The van der Waals surface area contributed by atoms with Gasteiger partial charge in [0.05, 0.1) is 4.47 Å². The summed E-state index contributed by atoms with van der Waals surface area (Å²) in [5.41, 5.74) is 1.07. The topological polar surface area (TPSA) is 81.4 Å². The number of halogens is 1. The van der Waals surface area contributed by atoms with Crippen molar-refractivity contribution in [3.05, 3.63) is 40.0 Å². The lowest BCUT2D eigenvalue weighted by Gasteiger charge is -2.34. The van der Waals surface area contributed by atoms with E-state index in [9.17, 15) is 9.59 Å². The van der Waals surface area contributed by atoms with Crippen LogP contribution in [0.4, 0.5) is 5.13 Å². The molecule has 6 nitrogen and oxygen atoms in total. The number of thiazole rings is 1. The molecular formula is C18H15BrN2O4S. The summed E-state index contributed by atoms with van der Waals surface area (Å²) in [7, 11) is 0. The van der Waals surface area contributed by atoms with Crippen LogP contribution in [0.25, 0.3) is 11.0 Å². The molecule has 0 atom stereocenters. The Bertz CT molecular complexity index is 990. The largest absolute Gasteiger partial charge is 0.486 e. The highest BCUT2D eigenvalue weighted by molar-refractivity contribution is 9.10. The predicted molar refractivity (Wildman–Crippen MR) is 102 cm³/mol. The van der Waals surface area contributed by atoms with Crippen LogP contribution in [-0.2, 0) is 4.79 Å². The number of rotatable bonds is 5. The fourth-order valence-electron chi connectivity index (χ4n) is 2.85. The van der Waals surface area contributed by atoms with Crippen LogP contribution in [0.1, 0.15) is 30.3 Å². The van der Waals surface area contributed by atoms with Gasteiger partial charge in [-0.3, -0.25) is 9.59 Å². The number of ether oxygens (including phenoxy) is 1. The number of benzene rings is 1. The van der Waals surface area contributed by atoms with Gasteiger partial charge in [-0.15, -0.1) is 11.3 Å². The molecule has 0 saturated heterocycles. The molecule has 2 heterocycles. The number of carbonyl (C=O) groups excluding carboxylic acids is 2. The maximum atomic E-state index is 12.3. The number of hydrogen-bond donors (Lipinski definition) is 1. The van der Waals surface area contributed by atoms with E-state index >= 15 is 0 Å². The van der Waals surface area contributed by atoms with E-state index in [1.165, 1.54) is 18.3 Å². The van der Waals surface area contributed by atoms with Crippen molar-refractivity contribution in [1.82, 2.24) is 4.98 Å². The van der Waals surface area contributed by atoms with E-state index in [0.717, 1.165) is 9.86 Å². The molecule has 0 unspecified atom stereocenters. The molecule has 1 saturated carbocycles. The summed E-state index contributed by atoms with van der Waals surface area (Å²) in [6.45, 7) is 1.45. The Balaban J connectivity index is 1.34. The zero-order valence-corrected chi connectivity index (χ0v) is 16.2. The van der Waals surface area contributed by atoms with Crippen LogP contribution in [-0.4, -0.2) is 22.8 Å². The van der Waals surface area contributed by atoms with Gasteiger partial charge in [-0.25, -0.2) is 4.98 Å². The Morgan fingerprint density at radius 2 is 2.19 bits per heavy atom. The van der Waals surface area contributed by atoms with Gasteiger partial charge in [0, 0.05) is 23.6 Å². The first-order valence-corrected chi connectivity index (χ1v) is 9.78. The molecule has 1 aliphatic carbocycles. The van der Waals surface area contributed by atoms with Crippen LogP contribution in [0, 0.1) is 5.92 Å². The van der Waals surface area contributed by atoms with Gasteiger partial charge in [-0.2, -0.15) is 0 Å². The number of ketones is 1. The normalized spacial score (nSPS) is 19.2. The van der Waals surface area contributed by atoms with Crippen molar-refractivity contribution in [2.75, 3.05) is 5.32 Å². The molecule has 1 aliphatic rings. The number of furan rings is 1. The highest BCUT2D eigenvalue weighted by Gasteiger charge is 2.37. The number of aromatic nitrogens is 1. The minimum absolute atomic E-state index is 0.0238. The average molecular weight is 435 g/mol. The number of carbonyl (C=O) groups is 2. The van der Waals surface area contributed by atoms with E-state index < -0.39 is 0 Å². The Morgan fingerprint density at radius 3 is 2.92 bits per heavy atom. The van der Waals surface area contributed by atoms with Gasteiger partial charge in [-0.05, 0) is 40.9 Å². The van der Waals surface area contributed by atoms with Gasteiger partial charge in [0.15, 0.2) is 22.2 Å². The van der Waals surface area contributed by atoms with E-state index in [4.69, 9.17) is 9.15 Å². The van der Waals surface area contributed by atoms with Crippen LogP contribution in [0.2, 0.25) is 0 Å². The molecule has 0 aliphatic heterocycles. The van der Waals surface area contributed by atoms with E-state index in [2.05, 4.69) is 26.2 Å². The third kappa shape index (κ3) is 3.26. The Morgan fingerprint density at radius 1 is 1.38 bits per heavy atom. The number of Topliss-reactive ketones (excluding diaryl/α,β-unsaturated/α-hetero) is 1. The van der Waals surface area contributed by atoms with Gasteiger partial charge in [0.1, 0.15) is 18.1 Å². The lowest BCUT2D eigenvalue weighted by Crippen LogP contribution is -2.40. The molecule has 1 amide bonds. The molecule has 0 radical (unpaired) electrons. The minimum Gasteiger partial charge on any atom is -0.486 e. The van der Waals surface area contributed by atoms with Crippen molar-refractivity contribution in [2.45, 2.75) is 25.9 Å². The SMILES string of the molecule is CC(=O)c1csc(NC(=O)C2CC(Oc3cccc4c(Br)coc34)C2)n1. The second-order valence-electron chi connectivity index (χ2n) is 6.21. The molecule has 0 bridgehead atoms. The molecule has 1 aromatic carbocycles. The van der Waals surface area contributed by atoms with Gasteiger partial charge < -0.3 is 14.5 Å². The first-order chi connectivity index (χ1) is 12.5. The maximum Gasteiger partial charge on any atom is 0.229 e.